The van der Waals surface area contributed by atoms with E-state index in [0.29, 0.717) is 18.0 Å². The maximum atomic E-state index is 12.4. The number of aryl methyl sites for hydroxylation is 2. The molecule has 5 heteroatoms. The van der Waals surface area contributed by atoms with Gasteiger partial charge in [0.15, 0.2) is 0 Å². The molecule has 1 aliphatic heterocycles. The molecular weight excluding hydrogens is 248 g/mol. The van der Waals surface area contributed by atoms with Crippen molar-refractivity contribution in [2.24, 2.45) is 5.41 Å². The largest absolute Gasteiger partial charge is 0.388 e. The Hall–Kier alpha value is -0.940. The topological polar surface area (TPSA) is 53.4 Å². The van der Waals surface area contributed by atoms with Crippen molar-refractivity contribution in [2.75, 3.05) is 13.1 Å². The zero-order chi connectivity index (χ0) is 13.7. The first-order valence-corrected chi connectivity index (χ1v) is 6.91. The highest BCUT2D eigenvalue weighted by Crippen LogP contribution is 2.39. The van der Waals surface area contributed by atoms with Gasteiger partial charge in [-0.25, -0.2) is 4.98 Å². The van der Waals surface area contributed by atoms with Crippen LogP contribution in [0.1, 0.15) is 41.1 Å². The number of β-amino-alcohol motifs (C(OH)–C–C–N with tert-alkyl or cyclic N) is 1. The molecule has 1 fully saturated rings. The highest BCUT2D eigenvalue weighted by molar-refractivity contribution is 7.13. The number of aromatic nitrogens is 1. The molecule has 2 rings (SSSR count). The average molecular weight is 268 g/mol. The number of carbonyl (C=O) groups is 1. The molecule has 1 aromatic rings. The van der Waals surface area contributed by atoms with Gasteiger partial charge in [-0.1, -0.05) is 13.8 Å². The summed E-state index contributed by atoms with van der Waals surface area (Å²) < 4.78 is 0. The van der Waals surface area contributed by atoms with Crippen molar-refractivity contribution >= 4 is 17.2 Å². The third-order valence-corrected chi connectivity index (χ3v) is 4.99. The number of carbonyl (C=O) groups excluding carboxylic acids is 1. The van der Waals surface area contributed by atoms with Crippen molar-refractivity contribution in [3.8, 4) is 0 Å². The Labute approximate surface area is 112 Å². The normalized spacial score (nSPS) is 26.7. The van der Waals surface area contributed by atoms with Crippen LogP contribution in [0.5, 0.6) is 0 Å². The van der Waals surface area contributed by atoms with Gasteiger partial charge in [-0.3, -0.25) is 4.79 Å². The van der Waals surface area contributed by atoms with E-state index < -0.39 is 5.60 Å². The molecule has 2 heterocycles. The highest BCUT2D eigenvalue weighted by atomic mass is 32.1. The molecule has 0 saturated carbocycles. The Morgan fingerprint density at radius 2 is 1.94 bits per heavy atom. The predicted molar refractivity (Wildman–Crippen MR) is 71.9 cm³/mol. The minimum atomic E-state index is -0.837. The van der Waals surface area contributed by atoms with Gasteiger partial charge in [0.2, 0.25) is 0 Å². The van der Waals surface area contributed by atoms with Gasteiger partial charge in [-0.05, 0) is 20.8 Å². The van der Waals surface area contributed by atoms with Crippen LogP contribution in [0.25, 0.3) is 0 Å². The lowest BCUT2D eigenvalue weighted by Gasteiger charge is -2.30. The molecule has 1 aromatic heterocycles. The van der Waals surface area contributed by atoms with E-state index in [2.05, 4.69) is 4.98 Å². The molecule has 1 aliphatic rings. The zero-order valence-corrected chi connectivity index (χ0v) is 12.4. The van der Waals surface area contributed by atoms with Crippen molar-refractivity contribution in [3.63, 3.8) is 0 Å². The molecule has 1 amide bonds. The lowest BCUT2D eigenvalue weighted by atomic mass is 9.79. The summed E-state index contributed by atoms with van der Waals surface area (Å²) >= 11 is 1.43. The first-order valence-electron chi connectivity index (χ1n) is 6.10. The number of rotatable bonds is 1. The van der Waals surface area contributed by atoms with Crippen LogP contribution < -0.4 is 0 Å². The molecule has 1 atom stereocenters. The minimum Gasteiger partial charge on any atom is -0.388 e. The summed E-state index contributed by atoms with van der Waals surface area (Å²) in [7, 11) is 0. The summed E-state index contributed by atoms with van der Waals surface area (Å²) in [5.41, 5.74) is -0.334. The Bertz CT molecular complexity index is 475. The zero-order valence-electron chi connectivity index (χ0n) is 11.6. The second-order valence-electron chi connectivity index (χ2n) is 5.97. The standard InChI is InChI=1S/C13H20N2O2S/c1-8-10(18-9(2)14-8)11(16)15-6-12(3,4)13(5,17)7-15/h17H,6-7H2,1-5H3/t13-/m0/s1. The second kappa shape index (κ2) is 4.03. The van der Waals surface area contributed by atoms with Gasteiger partial charge in [0.25, 0.3) is 5.91 Å². The van der Waals surface area contributed by atoms with Gasteiger partial charge in [0.1, 0.15) is 4.88 Å². The van der Waals surface area contributed by atoms with E-state index >= 15 is 0 Å². The monoisotopic (exact) mass is 268 g/mol. The summed E-state index contributed by atoms with van der Waals surface area (Å²) in [4.78, 5) is 19.2. The molecule has 0 bridgehead atoms. The van der Waals surface area contributed by atoms with E-state index in [9.17, 15) is 9.90 Å². The number of nitrogens with zero attached hydrogens (tertiary/aromatic N) is 2. The lowest BCUT2D eigenvalue weighted by molar-refractivity contribution is -0.0108. The summed E-state index contributed by atoms with van der Waals surface area (Å²) in [6.07, 6.45) is 0. The fourth-order valence-corrected chi connectivity index (χ4v) is 3.19. The Morgan fingerprint density at radius 3 is 2.33 bits per heavy atom. The Balaban J connectivity index is 2.25. The third kappa shape index (κ3) is 2.06. The summed E-state index contributed by atoms with van der Waals surface area (Å²) in [5, 5.41) is 11.3. The van der Waals surface area contributed by atoms with Crippen LogP contribution in [-0.2, 0) is 0 Å². The molecule has 1 saturated heterocycles. The maximum Gasteiger partial charge on any atom is 0.265 e. The number of amides is 1. The van der Waals surface area contributed by atoms with Crippen LogP contribution >= 0.6 is 11.3 Å². The Morgan fingerprint density at radius 1 is 1.33 bits per heavy atom. The van der Waals surface area contributed by atoms with Gasteiger partial charge >= 0.3 is 0 Å². The number of hydrogen-bond acceptors (Lipinski definition) is 4. The highest BCUT2D eigenvalue weighted by Gasteiger charge is 2.49. The van der Waals surface area contributed by atoms with Crippen LogP contribution in [-0.4, -0.2) is 39.6 Å². The molecule has 0 aliphatic carbocycles. The summed E-state index contributed by atoms with van der Waals surface area (Å²) in [6.45, 7) is 10.5. The third-order valence-electron chi connectivity index (χ3n) is 3.93. The fraction of sp³-hybridized carbons (Fsp3) is 0.692. The SMILES string of the molecule is Cc1nc(C)c(C(=O)N2CC(C)(C)[C@@](C)(O)C2)s1. The molecule has 18 heavy (non-hydrogen) atoms. The molecule has 0 radical (unpaired) electrons. The maximum absolute atomic E-state index is 12.4. The van der Waals surface area contributed by atoms with Crippen LogP contribution in [0.2, 0.25) is 0 Å². The van der Waals surface area contributed by atoms with E-state index in [1.54, 1.807) is 11.8 Å². The molecule has 4 nitrogen and oxygen atoms in total. The van der Waals surface area contributed by atoms with Gasteiger partial charge in [-0.2, -0.15) is 0 Å². The van der Waals surface area contributed by atoms with Crippen molar-refractivity contribution in [1.82, 2.24) is 9.88 Å². The van der Waals surface area contributed by atoms with E-state index in [4.69, 9.17) is 0 Å². The van der Waals surface area contributed by atoms with Crippen LogP contribution in [0.3, 0.4) is 0 Å². The minimum absolute atomic E-state index is 0.0102. The van der Waals surface area contributed by atoms with Crippen molar-refractivity contribution < 1.29 is 9.90 Å². The number of hydrogen-bond donors (Lipinski definition) is 1. The summed E-state index contributed by atoms with van der Waals surface area (Å²) in [6, 6.07) is 0. The Kier molecular flexibility index (Phi) is 3.02. The number of thiazole rings is 1. The smallest absolute Gasteiger partial charge is 0.265 e. The van der Waals surface area contributed by atoms with Crippen LogP contribution in [0.4, 0.5) is 0 Å². The van der Waals surface area contributed by atoms with E-state index in [1.807, 2.05) is 27.7 Å². The molecule has 0 spiro atoms. The first kappa shape index (κ1) is 13.5. The van der Waals surface area contributed by atoms with Crippen LogP contribution in [0.15, 0.2) is 0 Å². The summed E-state index contributed by atoms with van der Waals surface area (Å²) in [5.74, 6) is -0.0102. The average Bonchev–Trinajstić information content (AvgIpc) is 2.64. The van der Waals surface area contributed by atoms with E-state index in [-0.39, 0.29) is 11.3 Å². The molecular formula is C13H20N2O2S. The molecule has 0 unspecified atom stereocenters. The van der Waals surface area contributed by atoms with Crippen LogP contribution in [0, 0.1) is 19.3 Å². The quantitative estimate of drug-likeness (QED) is 0.847. The fourth-order valence-electron chi connectivity index (χ4n) is 2.31. The van der Waals surface area contributed by atoms with Gasteiger partial charge in [0, 0.05) is 12.0 Å². The number of likely N-dealkylation sites (tertiary alicyclic amines) is 1. The van der Waals surface area contributed by atoms with Gasteiger partial charge < -0.3 is 10.0 Å². The number of aliphatic hydroxyl groups is 1. The van der Waals surface area contributed by atoms with Crippen molar-refractivity contribution in [2.45, 2.75) is 40.2 Å². The first-order chi connectivity index (χ1) is 8.14. The lowest BCUT2D eigenvalue weighted by Crippen LogP contribution is -2.40. The molecule has 1 N–H and O–H groups in total. The van der Waals surface area contributed by atoms with Gasteiger partial charge in [-0.15, -0.1) is 11.3 Å². The molecule has 0 aromatic carbocycles. The van der Waals surface area contributed by atoms with E-state index in [1.165, 1.54) is 11.3 Å². The van der Waals surface area contributed by atoms with Crippen molar-refractivity contribution in [1.29, 1.82) is 0 Å². The van der Waals surface area contributed by atoms with Crippen molar-refractivity contribution in [3.05, 3.63) is 15.6 Å². The second-order valence-corrected chi connectivity index (χ2v) is 7.17. The van der Waals surface area contributed by atoms with Gasteiger partial charge in [0.05, 0.1) is 22.8 Å². The van der Waals surface area contributed by atoms with E-state index in [0.717, 1.165) is 10.7 Å². The molecule has 100 valence electrons. The predicted octanol–water partition coefficient (Wildman–Crippen LogP) is 1.99.